The van der Waals surface area contributed by atoms with E-state index in [2.05, 4.69) is 4.90 Å². The summed E-state index contributed by atoms with van der Waals surface area (Å²) in [6, 6.07) is 3.20. The molecule has 1 aromatic rings. The van der Waals surface area contributed by atoms with Gasteiger partial charge in [-0.05, 0) is 18.6 Å². The minimum absolute atomic E-state index is 0.00233. The molecule has 2 heterocycles. The monoisotopic (exact) mass is 225 g/mol. The first-order valence-corrected chi connectivity index (χ1v) is 5.26. The second kappa shape index (κ2) is 4.67. The Morgan fingerprint density at radius 2 is 2.50 bits per heavy atom. The maximum Gasteiger partial charge on any atom is 0.371 e. The van der Waals surface area contributed by atoms with E-state index in [0.29, 0.717) is 12.3 Å². The summed E-state index contributed by atoms with van der Waals surface area (Å²) in [4.78, 5) is 12.8. The third-order valence-electron chi connectivity index (χ3n) is 2.81. The lowest BCUT2D eigenvalue weighted by atomic mass is 10.3. The van der Waals surface area contributed by atoms with Crippen LogP contribution in [0.4, 0.5) is 0 Å². The molecule has 0 bridgehead atoms. The Morgan fingerprint density at radius 3 is 3.06 bits per heavy atom. The summed E-state index contributed by atoms with van der Waals surface area (Å²) in [6.45, 7) is 2.48. The van der Waals surface area contributed by atoms with Crippen molar-refractivity contribution >= 4 is 5.97 Å². The summed E-state index contributed by atoms with van der Waals surface area (Å²) < 4.78 is 10.4. The van der Waals surface area contributed by atoms with Crippen molar-refractivity contribution in [2.24, 2.45) is 0 Å². The zero-order valence-corrected chi connectivity index (χ0v) is 9.18. The van der Waals surface area contributed by atoms with Crippen LogP contribution in [0.25, 0.3) is 0 Å². The molecule has 16 heavy (non-hydrogen) atoms. The minimum atomic E-state index is -1.03. The molecule has 1 saturated heterocycles. The number of carboxylic acids is 1. The van der Waals surface area contributed by atoms with Crippen molar-refractivity contribution < 1.29 is 19.1 Å². The molecule has 0 radical (unpaired) electrons. The molecule has 1 aliphatic heterocycles. The van der Waals surface area contributed by atoms with Crippen LogP contribution < -0.4 is 0 Å². The summed E-state index contributed by atoms with van der Waals surface area (Å²) in [5.74, 6) is -0.339. The number of hydrogen-bond acceptors (Lipinski definition) is 4. The summed E-state index contributed by atoms with van der Waals surface area (Å²) in [6.07, 6.45) is 1.30. The van der Waals surface area contributed by atoms with Crippen LogP contribution in [-0.2, 0) is 11.3 Å². The fourth-order valence-corrected chi connectivity index (χ4v) is 1.93. The van der Waals surface area contributed by atoms with Gasteiger partial charge >= 0.3 is 5.97 Å². The van der Waals surface area contributed by atoms with Crippen LogP contribution in [0.5, 0.6) is 0 Å². The number of methoxy groups -OCH3 is 1. The highest BCUT2D eigenvalue weighted by atomic mass is 16.5. The topological polar surface area (TPSA) is 62.9 Å². The van der Waals surface area contributed by atoms with E-state index in [1.165, 1.54) is 6.07 Å². The Labute approximate surface area is 93.6 Å². The van der Waals surface area contributed by atoms with Gasteiger partial charge in [0, 0.05) is 20.2 Å². The molecular formula is C11H15NO4. The van der Waals surface area contributed by atoms with E-state index in [0.717, 1.165) is 19.5 Å². The van der Waals surface area contributed by atoms with Gasteiger partial charge in [-0.3, -0.25) is 4.90 Å². The van der Waals surface area contributed by atoms with Crippen molar-refractivity contribution in [3.8, 4) is 0 Å². The number of ether oxygens (including phenoxy) is 1. The molecule has 1 aromatic heterocycles. The molecule has 1 fully saturated rings. The Hall–Kier alpha value is -1.33. The third kappa shape index (κ3) is 2.43. The molecule has 1 N–H and O–H groups in total. The van der Waals surface area contributed by atoms with E-state index in [1.54, 1.807) is 13.2 Å². The lowest BCUT2D eigenvalue weighted by molar-refractivity contribution is 0.0657. The molecule has 0 amide bonds. The highest BCUT2D eigenvalue weighted by Gasteiger charge is 2.23. The second-order valence-electron chi connectivity index (χ2n) is 3.95. The Bertz CT molecular complexity index is 374. The SMILES string of the molecule is COC1CCN(Cc2ccc(C(=O)O)o2)C1. The first-order valence-electron chi connectivity index (χ1n) is 5.26. The molecule has 0 aromatic carbocycles. The number of carbonyl (C=O) groups is 1. The maximum atomic E-state index is 10.6. The molecule has 1 atom stereocenters. The summed E-state index contributed by atoms with van der Waals surface area (Å²) in [5.41, 5.74) is 0. The maximum absolute atomic E-state index is 10.6. The zero-order chi connectivity index (χ0) is 11.5. The summed E-state index contributed by atoms with van der Waals surface area (Å²) >= 11 is 0. The number of aromatic carboxylic acids is 1. The van der Waals surface area contributed by atoms with Gasteiger partial charge in [0.05, 0.1) is 12.6 Å². The quantitative estimate of drug-likeness (QED) is 0.834. The van der Waals surface area contributed by atoms with Crippen molar-refractivity contribution in [3.05, 3.63) is 23.7 Å². The molecule has 0 saturated carbocycles. The van der Waals surface area contributed by atoms with Crippen molar-refractivity contribution in [1.29, 1.82) is 0 Å². The summed E-state index contributed by atoms with van der Waals surface area (Å²) in [5, 5.41) is 8.71. The lowest BCUT2D eigenvalue weighted by Crippen LogP contribution is -2.22. The number of hydrogen-bond donors (Lipinski definition) is 1. The smallest absolute Gasteiger partial charge is 0.371 e. The highest BCUT2D eigenvalue weighted by molar-refractivity contribution is 5.84. The van der Waals surface area contributed by atoms with E-state index in [4.69, 9.17) is 14.3 Å². The van der Waals surface area contributed by atoms with E-state index in [1.807, 2.05) is 0 Å². The molecule has 88 valence electrons. The molecule has 5 nitrogen and oxygen atoms in total. The predicted octanol–water partition coefficient (Wildman–Crippen LogP) is 1.20. The van der Waals surface area contributed by atoms with Gasteiger partial charge in [0.15, 0.2) is 0 Å². The molecule has 2 rings (SSSR count). The fraction of sp³-hybridized carbons (Fsp3) is 0.545. The number of furan rings is 1. The van der Waals surface area contributed by atoms with Gasteiger partial charge in [0.2, 0.25) is 5.76 Å². The minimum Gasteiger partial charge on any atom is -0.475 e. The van der Waals surface area contributed by atoms with Crippen molar-refractivity contribution in [1.82, 2.24) is 4.90 Å². The van der Waals surface area contributed by atoms with Crippen LogP contribution in [-0.4, -0.2) is 42.3 Å². The van der Waals surface area contributed by atoms with Gasteiger partial charge in [-0.25, -0.2) is 4.79 Å². The summed E-state index contributed by atoms with van der Waals surface area (Å²) in [7, 11) is 1.71. The number of likely N-dealkylation sites (tertiary alicyclic amines) is 1. The molecule has 0 spiro atoms. The second-order valence-corrected chi connectivity index (χ2v) is 3.95. The first-order chi connectivity index (χ1) is 7.69. The normalized spacial score (nSPS) is 21.4. The van der Waals surface area contributed by atoms with Crippen LogP contribution in [0.3, 0.4) is 0 Å². The third-order valence-corrected chi connectivity index (χ3v) is 2.81. The molecular weight excluding hydrogens is 210 g/mol. The molecule has 5 heteroatoms. The largest absolute Gasteiger partial charge is 0.475 e. The van der Waals surface area contributed by atoms with Crippen molar-refractivity contribution in [2.75, 3.05) is 20.2 Å². The van der Waals surface area contributed by atoms with Gasteiger partial charge in [-0.2, -0.15) is 0 Å². The highest BCUT2D eigenvalue weighted by Crippen LogP contribution is 2.16. The lowest BCUT2D eigenvalue weighted by Gasteiger charge is -2.13. The van der Waals surface area contributed by atoms with Gasteiger partial charge in [0.25, 0.3) is 0 Å². The zero-order valence-electron chi connectivity index (χ0n) is 9.18. The average Bonchev–Trinajstić information content (AvgIpc) is 2.87. The molecule has 1 unspecified atom stereocenters. The first kappa shape index (κ1) is 11.2. The van der Waals surface area contributed by atoms with Crippen LogP contribution >= 0.6 is 0 Å². The molecule has 0 aliphatic carbocycles. The Kier molecular flexibility index (Phi) is 3.26. The van der Waals surface area contributed by atoms with E-state index in [-0.39, 0.29) is 11.9 Å². The van der Waals surface area contributed by atoms with Gasteiger partial charge in [-0.15, -0.1) is 0 Å². The van der Waals surface area contributed by atoms with E-state index >= 15 is 0 Å². The van der Waals surface area contributed by atoms with Crippen molar-refractivity contribution in [3.63, 3.8) is 0 Å². The standard InChI is InChI=1S/C11H15NO4/c1-15-8-4-5-12(6-8)7-9-2-3-10(16-9)11(13)14/h2-3,8H,4-7H2,1H3,(H,13,14). The molecule has 1 aliphatic rings. The van der Waals surface area contributed by atoms with E-state index < -0.39 is 5.97 Å². The van der Waals surface area contributed by atoms with Crippen molar-refractivity contribution in [2.45, 2.75) is 19.1 Å². The van der Waals surface area contributed by atoms with Gasteiger partial charge in [0.1, 0.15) is 5.76 Å². The number of carboxylic acid groups (broad SMARTS) is 1. The number of nitrogens with zero attached hydrogens (tertiary/aromatic N) is 1. The Morgan fingerprint density at radius 1 is 1.69 bits per heavy atom. The predicted molar refractivity (Wildman–Crippen MR) is 56.4 cm³/mol. The van der Waals surface area contributed by atoms with E-state index in [9.17, 15) is 4.79 Å². The number of rotatable bonds is 4. The van der Waals surface area contributed by atoms with Gasteiger partial charge < -0.3 is 14.3 Å². The van der Waals surface area contributed by atoms with Crippen LogP contribution in [0.1, 0.15) is 22.7 Å². The van der Waals surface area contributed by atoms with Gasteiger partial charge in [-0.1, -0.05) is 0 Å². The van der Waals surface area contributed by atoms with Crippen LogP contribution in [0, 0.1) is 0 Å². The fourth-order valence-electron chi connectivity index (χ4n) is 1.93. The van der Waals surface area contributed by atoms with Crippen LogP contribution in [0.2, 0.25) is 0 Å². The average molecular weight is 225 g/mol. The van der Waals surface area contributed by atoms with Crippen LogP contribution in [0.15, 0.2) is 16.5 Å². The Balaban J connectivity index is 1.92.